The van der Waals surface area contributed by atoms with E-state index in [1.54, 1.807) is 18.1 Å². The molecule has 2 aromatic rings. The number of hydrogen-bond donors (Lipinski definition) is 2. The van der Waals surface area contributed by atoms with Gasteiger partial charge in [-0.15, -0.1) is 0 Å². The molecule has 0 bridgehead atoms. The predicted octanol–water partition coefficient (Wildman–Crippen LogP) is 3.40. The van der Waals surface area contributed by atoms with E-state index in [0.717, 1.165) is 43.1 Å². The number of imidazole rings is 1. The van der Waals surface area contributed by atoms with E-state index in [0.29, 0.717) is 13.1 Å². The minimum Gasteiger partial charge on any atom is -0.444 e. The summed E-state index contributed by atoms with van der Waals surface area (Å²) in [5.41, 5.74) is 1.66. The Morgan fingerprint density at radius 3 is 2.52 bits per heavy atom. The first-order valence-corrected chi connectivity index (χ1v) is 10.8. The average molecular weight is 429 g/mol. The number of aryl methyl sites for hydroxylation is 1. The molecule has 0 aliphatic rings. The highest BCUT2D eigenvalue weighted by molar-refractivity contribution is 5.79. The number of carbonyl (C=O) groups excluding carboxylic acids is 1. The van der Waals surface area contributed by atoms with Crippen molar-refractivity contribution in [1.82, 2.24) is 25.1 Å². The van der Waals surface area contributed by atoms with E-state index in [1.165, 1.54) is 0 Å². The Balaban J connectivity index is 1.81. The van der Waals surface area contributed by atoms with Gasteiger partial charge in [0, 0.05) is 45.6 Å². The summed E-state index contributed by atoms with van der Waals surface area (Å²) in [7, 11) is 1.74. The number of hydrogen-bond acceptors (Lipinski definition) is 4. The van der Waals surface area contributed by atoms with E-state index in [-0.39, 0.29) is 6.09 Å². The number of aliphatic imine (C=N–C) groups is 1. The molecule has 0 fully saturated rings. The van der Waals surface area contributed by atoms with Crippen molar-refractivity contribution < 1.29 is 9.53 Å². The summed E-state index contributed by atoms with van der Waals surface area (Å²) in [6.45, 7) is 11.3. The fourth-order valence-corrected chi connectivity index (χ4v) is 2.83. The smallest absolute Gasteiger partial charge is 0.410 e. The van der Waals surface area contributed by atoms with Gasteiger partial charge in [0.25, 0.3) is 0 Å². The number of rotatable bonds is 9. The standard InChI is InChI=1S/C23H36N6O2/c1-6-25-21(26-12-7-14-29-15-13-24-18-29)27-16-19-8-10-20(11-9-19)17-28(5)22(30)31-23(2,3)4/h8-11,13,15,18H,6-7,12,14,16-17H2,1-5H3,(H2,25,26,27). The molecule has 1 aromatic heterocycles. The van der Waals surface area contributed by atoms with Gasteiger partial charge in [-0.2, -0.15) is 0 Å². The van der Waals surface area contributed by atoms with Crippen molar-refractivity contribution in [2.24, 2.45) is 4.99 Å². The number of nitrogens with one attached hydrogen (secondary N) is 2. The van der Waals surface area contributed by atoms with Crippen LogP contribution in [0.3, 0.4) is 0 Å². The predicted molar refractivity (Wildman–Crippen MR) is 124 cm³/mol. The Morgan fingerprint density at radius 1 is 1.19 bits per heavy atom. The van der Waals surface area contributed by atoms with Gasteiger partial charge in [-0.1, -0.05) is 24.3 Å². The van der Waals surface area contributed by atoms with E-state index < -0.39 is 5.60 Å². The zero-order valence-electron chi connectivity index (χ0n) is 19.4. The number of ether oxygens (including phenoxy) is 1. The van der Waals surface area contributed by atoms with Crippen molar-refractivity contribution in [2.75, 3.05) is 20.1 Å². The van der Waals surface area contributed by atoms with Gasteiger partial charge in [0.1, 0.15) is 5.60 Å². The molecule has 170 valence electrons. The fraction of sp³-hybridized carbons (Fsp3) is 0.522. The van der Waals surface area contributed by atoms with Crippen LogP contribution in [-0.2, 0) is 24.4 Å². The molecule has 1 heterocycles. The van der Waals surface area contributed by atoms with E-state index in [1.807, 2.05) is 57.6 Å². The van der Waals surface area contributed by atoms with Crippen molar-refractivity contribution >= 4 is 12.1 Å². The molecule has 2 N–H and O–H groups in total. The Bertz CT molecular complexity index is 810. The second kappa shape index (κ2) is 12.0. The molecule has 0 saturated carbocycles. The summed E-state index contributed by atoms with van der Waals surface area (Å²) >= 11 is 0. The van der Waals surface area contributed by atoms with Crippen LogP contribution in [0, 0.1) is 0 Å². The molecule has 0 aliphatic carbocycles. The first kappa shape index (κ1) is 24.2. The number of benzene rings is 1. The van der Waals surface area contributed by atoms with Crippen LogP contribution in [0.4, 0.5) is 4.79 Å². The van der Waals surface area contributed by atoms with Crippen molar-refractivity contribution in [1.29, 1.82) is 0 Å². The molecule has 31 heavy (non-hydrogen) atoms. The van der Waals surface area contributed by atoms with Gasteiger partial charge in [0.15, 0.2) is 5.96 Å². The maximum Gasteiger partial charge on any atom is 0.410 e. The van der Waals surface area contributed by atoms with Gasteiger partial charge < -0.3 is 24.8 Å². The van der Waals surface area contributed by atoms with Gasteiger partial charge >= 0.3 is 6.09 Å². The second-order valence-corrected chi connectivity index (χ2v) is 8.43. The molecule has 0 atom stereocenters. The highest BCUT2D eigenvalue weighted by Crippen LogP contribution is 2.12. The lowest BCUT2D eigenvalue weighted by Gasteiger charge is -2.24. The number of nitrogens with zero attached hydrogens (tertiary/aromatic N) is 4. The zero-order chi connectivity index (χ0) is 22.7. The Hall–Kier alpha value is -3.03. The summed E-state index contributed by atoms with van der Waals surface area (Å²) in [5, 5.41) is 6.65. The molecule has 8 heteroatoms. The highest BCUT2D eigenvalue weighted by Gasteiger charge is 2.19. The van der Waals surface area contributed by atoms with Crippen molar-refractivity contribution in [3.63, 3.8) is 0 Å². The third-order valence-corrected chi connectivity index (χ3v) is 4.36. The Morgan fingerprint density at radius 2 is 1.90 bits per heavy atom. The molecule has 1 aromatic carbocycles. The number of amides is 1. The minimum absolute atomic E-state index is 0.324. The Labute approximate surface area is 185 Å². The highest BCUT2D eigenvalue weighted by atomic mass is 16.6. The van der Waals surface area contributed by atoms with Gasteiger partial charge in [-0.3, -0.25) is 0 Å². The zero-order valence-corrected chi connectivity index (χ0v) is 19.4. The normalized spacial score (nSPS) is 11.8. The summed E-state index contributed by atoms with van der Waals surface area (Å²) in [4.78, 5) is 22.4. The molecule has 0 unspecified atom stereocenters. The van der Waals surface area contributed by atoms with Crippen LogP contribution in [0.2, 0.25) is 0 Å². The van der Waals surface area contributed by atoms with Crippen LogP contribution in [-0.4, -0.2) is 52.2 Å². The molecular formula is C23H36N6O2. The van der Waals surface area contributed by atoms with Crippen LogP contribution in [0.1, 0.15) is 45.2 Å². The average Bonchev–Trinajstić information content (AvgIpc) is 3.22. The SMILES string of the molecule is CCNC(=NCc1ccc(CN(C)C(=O)OC(C)(C)C)cc1)NCCCn1ccnc1. The van der Waals surface area contributed by atoms with Crippen LogP contribution in [0.15, 0.2) is 48.0 Å². The quantitative estimate of drug-likeness (QED) is 0.363. The van der Waals surface area contributed by atoms with E-state index in [4.69, 9.17) is 4.74 Å². The molecular weight excluding hydrogens is 392 g/mol. The first-order chi connectivity index (χ1) is 14.8. The van der Waals surface area contributed by atoms with Gasteiger partial charge in [-0.05, 0) is 45.2 Å². The third-order valence-electron chi connectivity index (χ3n) is 4.36. The van der Waals surface area contributed by atoms with Gasteiger partial charge in [0.05, 0.1) is 12.9 Å². The van der Waals surface area contributed by atoms with E-state index in [2.05, 4.69) is 32.1 Å². The summed E-state index contributed by atoms with van der Waals surface area (Å²) in [5.74, 6) is 0.807. The molecule has 1 amide bonds. The number of carbonyl (C=O) groups is 1. The third kappa shape index (κ3) is 9.55. The lowest BCUT2D eigenvalue weighted by molar-refractivity contribution is 0.0285. The monoisotopic (exact) mass is 428 g/mol. The van der Waals surface area contributed by atoms with Crippen LogP contribution < -0.4 is 10.6 Å². The number of guanidine groups is 1. The molecule has 0 spiro atoms. The van der Waals surface area contributed by atoms with Crippen molar-refractivity contribution in [3.8, 4) is 0 Å². The van der Waals surface area contributed by atoms with Crippen LogP contribution in [0.25, 0.3) is 0 Å². The van der Waals surface area contributed by atoms with Gasteiger partial charge in [-0.25, -0.2) is 14.8 Å². The minimum atomic E-state index is -0.495. The van der Waals surface area contributed by atoms with Crippen LogP contribution in [0.5, 0.6) is 0 Å². The van der Waals surface area contributed by atoms with Gasteiger partial charge in [0.2, 0.25) is 0 Å². The summed E-state index contributed by atoms with van der Waals surface area (Å²) in [6, 6.07) is 8.14. The molecule has 2 rings (SSSR count). The second-order valence-electron chi connectivity index (χ2n) is 8.43. The fourth-order valence-electron chi connectivity index (χ4n) is 2.83. The largest absolute Gasteiger partial charge is 0.444 e. The maximum absolute atomic E-state index is 12.1. The molecule has 8 nitrogen and oxygen atoms in total. The van der Waals surface area contributed by atoms with E-state index >= 15 is 0 Å². The summed E-state index contributed by atoms with van der Waals surface area (Å²) < 4.78 is 7.46. The number of aromatic nitrogens is 2. The summed E-state index contributed by atoms with van der Waals surface area (Å²) in [6.07, 6.45) is 6.25. The Kier molecular flexibility index (Phi) is 9.37. The molecule has 0 aliphatic heterocycles. The molecule has 0 saturated heterocycles. The lowest BCUT2D eigenvalue weighted by atomic mass is 10.1. The maximum atomic E-state index is 12.1. The molecule has 0 radical (unpaired) electrons. The van der Waals surface area contributed by atoms with Crippen molar-refractivity contribution in [3.05, 3.63) is 54.1 Å². The van der Waals surface area contributed by atoms with E-state index in [9.17, 15) is 4.79 Å². The topological polar surface area (TPSA) is 83.8 Å². The first-order valence-electron chi connectivity index (χ1n) is 10.8. The van der Waals surface area contributed by atoms with Crippen LogP contribution >= 0.6 is 0 Å². The van der Waals surface area contributed by atoms with Crippen molar-refractivity contribution in [2.45, 2.75) is 59.4 Å². The lowest BCUT2D eigenvalue weighted by Crippen LogP contribution is -2.38.